The third-order valence-electron chi connectivity index (χ3n) is 4.35. The van der Waals surface area contributed by atoms with Crippen molar-refractivity contribution in [2.45, 2.75) is 51.4 Å². The van der Waals surface area contributed by atoms with Crippen LogP contribution in [-0.2, 0) is 0 Å². The molecule has 1 saturated heterocycles. The normalized spacial score (nSPS) is 24.8. The average Bonchev–Trinajstić information content (AvgIpc) is 2.37. The van der Waals surface area contributed by atoms with Crippen molar-refractivity contribution in [1.82, 2.24) is 10.6 Å². The lowest BCUT2D eigenvalue weighted by molar-refractivity contribution is 0.320. The fourth-order valence-electron chi connectivity index (χ4n) is 3.17. The van der Waals surface area contributed by atoms with E-state index in [0.717, 1.165) is 11.8 Å². The Morgan fingerprint density at radius 1 is 0.875 bits per heavy atom. The van der Waals surface area contributed by atoms with Crippen LogP contribution < -0.4 is 10.6 Å². The van der Waals surface area contributed by atoms with Gasteiger partial charge < -0.3 is 10.6 Å². The Kier molecular flexibility index (Phi) is 5.64. The summed E-state index contributed by atoms with van der Waals surface area (Å²) in [4.78, 5) is 0. The van der Waals surface area contributed by atoms with Crippen LogP contribution in [0.5, 0.6) is 0 Å². The molecule has 2 fully saturated rings. The fraction of sp³-hybridized carbons (Fsp3) is 1.00. The van der Waals surface area contributed by atoms with E-state index in [4.69, 9.17) is 0 Å². The highest BCUT2D eigenvalue weighted by Crippen LogP contribution is 2.22. The monoisotopic (exact) mass is 224 g/mol. The molecule has 2 aliphatic rings. The van der Waals surface area contributed by atoms with Gasteiger partial charge in [-0.2, -0.15) is 0 Å². The van der Waals surface area contributed by atoms with Gasteiger partial charge in [-0.25, -0.2) is 0 Å². The summed E-state index contributed by atoms with van der Waals surface area (Å²) in [5.74, 6) is 1.97. The Bertz CT molecular complexity index is 150. The number of nitrogens with one attached hydrogen (secondary N) is 2. The van der Waals surface area contributed by atoms with Gasteiger partial charge in [0, 0.05) is 0 Å². The second kappa shape index (κ2) is 7.29. The molecule has 0 unspecified atom stereocenters. The molecule has 0 bridgehead atoms. The van der Waals surface area contributed by atoms with E-state index in [1.54, 1.807) is 0 Å². The maximum Gasteiger partial charge on any atom is -0.00205 e. The van der Waals surface area contributed by atoms with Gasteiger partial charge in [-0.3, -0.25) is 0 Å². The number of piperidine rings is 1. The quantitative estimate of drug-likeness (QED) is 0.701. The molecular weight excluding hydrogens is 196 g/mol. The van der Waals surface area contributed by atoms with Gasteiger partial charge >= 0.3 is 0 Å². The third-order valence-corrected chi connectivity index (χ3v) is 4.35. The molecule has 0 spiro atoms. The zero-order valence-corrected chi connectivity index (χ0v) is 10.6. The molecule has 0 atom stereocenters. The van der Waals surface area contributed by atoms with Gasteiger partial charge in [0.25, 0.3) is 0 Å². The van der Waals surface area contributed by atoms with E-state index in [-0.39, 0.29) is 0 Å². The number of hydrogen-bond acceptors (Lipinski definition) is 2. The molecule has 0 amide bonds. The van der Waals surface area contributed by atoms with Crippen molar-refractivity contribution >= 4 is 0 Å². The van der Waals surface area contributed by atoms with E-state index in [9.17, 15) is 0 Å². The maximum absolute atomic E-state index is 3.68. The van der Waals surface area contributed by atoms with E-state index in [2.05, 4.69) is 10.6 Å². The molecule has 2 heteroatoms. The summed E-state index contributed by atoms with van der Waals surface area (Å²) in [5.41, 5.74) is 0. The zero-order valence-electron chi connectivity index (χ0n) is 10.6. The Morgan fingerprint density at radius 2 is 1.62 bits per heavy atom. The largest absolute Gasteiger partial charge is 0.317 e. The van der Waals surface area contributed by atoms with Gasteiger partial charge in [0.15, 0.2) is 0 Å². The molecule has 0 aromatic heterocycles. The average molecular weight is 224 g/mol. The molecule has 0 radical (unpaired) electrons. The van der Waals surface area contributed by atoms with Crippen molar-refractivity contribution in [2.75, 3.05) is 26.2 Å². The van der Waals surface area contributed by atoms with Crippen molar-refractivity contribution < 1.29 is 0 Å². The Morgan fingerprint density at radius 3 is 2.38 bits per heavy atom. The van der Waals surface area contributed by atoms with Gasteiger partial charge in [0.1, 0.15) is 0 Å². The van der Waals surface area contributed by atoms with Crippen LogP contribution in [0.25, 0.3) is 0 Å². The number of hydrogen-bond donors (Lipinski definition) is 2. The predicted molar refractivity (Wildman–Crippen MR) is 69.7 cm³/mol. The van der Waals surface area contributed by atoms with Crippen LogP contribution in [0.4, 0.5) is 0 Å². The molecule has 1 aliphatic heterocycles. The van der Waals surface area contributed by atoms with E-state index in [1.165, 1.54) is 77.5 Å². The van der Waals surface area contributed by atoms with E-state index < -0.39 is 0 Å². The van der Waals surface area contributed by atoms with Gasteiger partial charge in [0.2, 0.25) is 0 Å². The summed E-state index contributed by atoms with van der Waals surface area (Å²) < 4.78 is 0. The highest BCUT2D eigenvalue weighted by atomic mass is 14.9. The summed E-state index contributed by atoms with van der Waals surface area (Å²) in [7, 11) is 0. The first-order valence-electron chi connectivity index (χ1n) is 7.36. The van der Waals surface area contributed by atoms with Gasteiger partial charge in [-0.1, -0.05) is 19.3 Å². The third kappa shape index (κ3) is 4.42. The lowest BCUT2D eigenvalue weighted by atomic mass is 9.89. The molecule has 16 heavy (non-hydrogen) atoms. The molecular formula is C14H28N2. The summed E-state index contributed by atoms with van der Waals surface area (Å²) in [6.45, 7) is 5.02. The molecule has 1 saturated carbocycles. The Labute approximate surface area is 101 Å². The van der Waals surface area contributed by atoms with Crippen molar-refractivity contribution in [3.63, 3.8) is 0 Å². The molecule has 1 heterocycles. The van der Waals surface area contributed by atoms with Crippen molar-refractivity contribution in [3.05, 3.63) is 0 Å². The molecule has 0 aromatic carbocycles. The molecule has 2 nitrogen and oxygen atoms in total. The van der Waals surface area contributed by atoms with Gasteiger partial charge in [-0.05, 0) is 70.1 Å². The van der Waals surface area contributed by atoms with Crippen LogP contribution in [0, 0.1) is 11.8 Å². The zero-order chi connectivity index (χ0) is 11.1. The highest BCUT2D eigenvalue weighted by molar-refractivity contribution is 4.71. The minimum absolute atomic E-state index is 0.986. The Balaban J connectivity index is 1.47. The van der Waals surface area contributed by atoms with Gasteiger partial charge in [-0.15, -0.1) is 0 Å². The van der Waals surface area contributed by atoms with E-state index in [1.807, 2.05) is 0 Å². The lowest BCUT2D eigenvalue weighted by Gasteiger charge is -2.24. The first kappa shape index (κ1) is 12.4. The van der Waals surface area contributed by atoms with Crippen LogP contribution in [0.2, 0.25) is 0 Å². The van der Waals surface area contributed by atoms with Gasteiger partial charge in [0.05, 0.1) is 0 Å². The lowest BCUT2D eigenvalue weighted by Crippen LogP contribution is -2.31. The summed E-state index contributed by atoms with van der Waals surface area (Å²) in [6.07, 6.45) is 11.6. The van der Waals surface area contributed by atoms with Crippen LogP contribution in [0.15, 0.2) is 0 Å². The Hall–Kier alpha value is -0.0800. The van der Waals surface area contributed by atoms with Crippen LogP contribution >= 0.6 is 0 Å². The van der Waals surface area contributed by atoms with E-state index in [0.29, 0.717) is 0 Å². The number of rotatable bonds is 5. The molecule has 1 aliphatic carbocycles. The molecule has 2 N–H and O–H groups in total. The minimum atomic E-state index is 0.986. The first-order chi connectivity index (χ1) is 7.95. The first-order valence-corrected chi connectivity index (χ1v) is 7.36. The topological polar surface area (TPSA) is 24.1 Å². The molecule has 2 rings (SSSR count). The van der Waals surface area contributed by atoms with Crippen LogP contribution in [-0.4, -0.2) is 26.2 Å². The SMILES string of the molecule is C1CCC(CNCCC2CCNCC2)CC1. The fourth-order valence-corrected chi connectivity index (χ4v) is 3.17. The smallest absolute Gasteiger partial charge is 0.00205 e. The summed E-state index contributed by atoms with van der Waals surface area (Å²) in [5, 5.41) is 7.12. The second-order valence-corrected chi connectivity index (χ2v) is 5.69. The second-order valence-electron chi connectivity index (χ2n) is 5.69. The standard InChI is InChI=1S/C14H28N2/c1-2-4-14(5-3-1)12-16-11-8-13-6-9-15-10-7-13/h13-16H,1-12H2. The summed E-state index contributed by atoms with van der Waals surface area (Å²) >= 11 is 0. The van der Waals surface area contributed by atoms with Crippen LogP contribution in [0.3, 0.4) is 0 Å². The van der Waals surface area contributed by atoms with E-state index >= 15 is 0 Å². The maximum atomic E-state index is 3.68. The van der Waals surface area contributed by atoms with Crippen molar-refractivity contribution in [1.29, 1.82) is 0 Å². The molecule has 0 aromatic rings. The predicted octanol–water partition coefficient (Wildman–Crippen LogP) is 2.55. The highest BCUT2D eigenvalue weighted by Gasteiger charge is 2.14. The molecule has 94 valence electrons. The minimum Gasteiger partial charge on any atom is -0.317 e. The van der Waals surface area contributed by atoms with Crippen molar-refractivity contribution in [2.24, 2.45) is 11.8 Å². The van der Waals surface area contributed by atoms with Crippen molar-refractivity contribution in [3.8, 4) is 0 Å². The van der Waals surface area contributed by atoms with Crippen LogP contribution in [0.1, 0.15) is 51.4 Å². The summed E-state index contributed by atoms with van der Waals surface area (Å²) in [6, 6.07) is 0.